The van der Waals surface area contributed by atoms with E-state index in [0.717, 1.165) is 18.6 Å². The quantitative estimate of drug-likeness (QED) is 0.864. The maximum atomic E-state index is 12.7. The molecule has 3 unspecified atom stereocenters. The van der Waals surface area contributed by atoms with Gasteiger partial charge in [0.25, 0.3) is 0 Å². The summed E-state index contributed by atoms with van der Waals surface area (Å²) in [7, 11) is 0. The second-order valence-electron chi connectivity index (χ2n) is 6.12. The molecule has 0 radical (unpaired) electrons. The Morgan fingerprint density at radius 1 is 1.35 bits per heavy atom. The van der Waals surface area contributed by atoms with E-state index in [-0.39, 0.29) is 23.8 Å². The number of hydrogen-bond donors (Lipinski definition) is 1. The molecule has 1 heterocycles. The molecule has 0 aromatic heterocycles. The summed E-state index contributed by atoms with van der Waals surface area (Å²) in [6.45, 7) is 6.77. The van der Waals surface area contributed by atoms with E-state index in [2.05, 4.69) is 12.2 Å². The Kier molecular flexibility index (Phi) is 5.35. The van der Waals surface area contributed by atoms with Gasteiger partial charge in [-0.3, -0.25) is 9.59 Å². The van der Waals surface area contributed by atoms with Gasteiger partial charge in [-0.2, -0.15) is 11.8 Å². The summed E-state index contributed by atoms with van der Waals surface area (Å²) in [5.74, 6) is 1.42. The van der Waals surface area contributed by atoms with Crippen molar-refractivity contribution in [2.75, 3.05) is 12.3 Å². The fraction of sp³-hybridized carbons (Fsp3) is 0.867. The Bertz CT molecular complexity index is 373. The van der Waals surface area contributed by atoms with Crippen LogP contribution in [0, 0.1) is 5.92 Å². The predicted octanol–water partition coefficient (Wildman–Crippen LogP) is 2.03. The van der Waals surface area contributed by atoms with Gasteiger partial charge < -0.3 is 10.2 Å². The summed E-state index contributed by atoms with van der Waals surface area (Å²) in [4.78, 5) is 26.5. The summed E-state index contributed by atoms with van der Waals surface area (Å²) in [5, 5.41) is 3.57. The summed E-state index contributed by atoms with van der Waals surface area (Å²) in [6, 6.07) is -0.0108. The Labute approximate surface area is 126 Å². The van der Waals surface area contributed by atoms with E-state index in [9.17, 15) is 9.59 Å². The highest BCUT2D eigenvalue weighted by molar-refractivity contribution is 7.99. The molecule has 0 aromatic rings. The topological polar surface area (TPSA) is 49.4 Å². The highest BCUT2D eigenvalue weighted by Gasteiger charge is 2.38. The van der Waals surface area contributed by atoms with E-state index in [1.54, 1.807) is 0 Å². The van der Waals surface area contributed by atoms with Crippen molar-refractivity contribution in [3.8, 4) is 0 Å². The number of carbonyl (C=O) groups is 2. The third-order valence-corrected chi connectivity index (χ3v) is 5.54. The van der Waals surface area contributed by atoms with Crippen LogP contribution in [-0.2, 0) is 9.59 Å². The van der Waals surface area contributed by atoms with Crippen molar-refractivity contribution < 1.29 is 9.59 Å². The molecule has 2 amide bonds. The summed E-state index contributed by atoms with van der Waals surface area (Å²) in [6.07, 6.45) is 3.81. The maximum absolute atomic E-state index is 12.7. The van der Waals surface area contributed by atoms with Crippen molar-refractivity contribution >= 4 is 23.6 Å². The molecule has 1 saturated heterocycles. The fourth-order valence-electron chi connectivity index (χ4n) is 3.22. The zero-order valence-electron chi connectivity index (χ0n) is 12.7. The van der Waals surface area contributed by atoms with E-state index in [1.807, 2.05) is 30.5 Å². The highest BCUT2D eigenvalue weighted by Crippen LogP contribution is 2.33. The van der Waals surface area contributed by atoms with Crippen molar-refractivity contribution in [1.82, 2.24) is 10.2 Å². The molecule has 114 valence electrons. The normalized spacial score (nSPS) is 31.6. The van der Waals surface area contributed by atoms with Gasteiger partial charge in [-0.1, -0.05) is 20.8 Å². The van der Waals surface area contributed by atoms with Crippen LogP contribution in [0.4, 0.5) is 0 Å². The number of nitrogens with one attached hydrogen (secondary N) is 1. The molecule has 5 heteroatoms. The van der Waals surface area contributed by atoms with Crippen molar-refractivity contribution in [3.63, 3.8) is 0 Å². The zero-order valence-corrected chi connectivity index (χ0v) is 13.5. The molecule has 1 aliphatic heterocycles. The molecule has 20 heavy (non-hydrogen) atoms. The average Bonchev–Trinajstić information content (AvgIpc) is 2.78. The van der Waals surface area contributed by atoms with Crippen LogP contribution in [0.3, 0.4) is 0 Å². The molecule has 0 aromatic carbocycles. The predicted molar refractivity (Wildman–Crippen MR) is 82.7 cm³/mol. The minimum atomic E-state index is -0.345. The van der Waals surface area contributed by atoms with Gasteiger partial charge in [0, 0.05) is 24.3 Å². The molecule has 0 spiro atoms. The van der Waals surface area contributed by atoms with Crippen LogP contribution < -0.4 is 5.32 Å². The van der Waals surface area contributed by atoms with Crippen molar-refractivity contribution in [2.24, 2.45) is 5.92 Å². The fourth-order valence-corrected chi connectivity index (χ4v) is 4.35. The molecule has 3 atom stereocenters. The smallest absolute Gasteiger partial charge is 0.245 e. The van der Waals surface area contributed by atoms with Crippen molar-refractivity contribution in [3.05, 3.63) is 0 Å². The van der Waals surface area contributed by atoms with Gasteiger partial charge in [0.1, 0.15) is 6.04 Å². The number of nitrogens with zero attached hydrogens (tertiary/aromatic N) is 1. The van der Waals surface area contributed by atoms with E-state index in [4.69, 9.17) is 0 Å². The monoisotopic (exact) mass is 298 g/mol. The van der Waals surface area contributed by atoms with Crippen LogP contribution in [-0.4, -0.2) is 46.3 Å². The van der Waals surface area contributed by atoms with E-state index >= 15 is 0 Å². The minimum Gasteiger partial charge on any atom is -0.344 e. The first kappa shape index (κ1) is 15.7. The van der Waals surface area contributed by atoms with E-state index in [1.165, 1.54) is 6.42 Å². The first-order chi connectivity index (χ1) is 9.52. The SMILES string of the molecule is CCSC1CCC(N2CCC(=O)NC(C(C)C)C2=O)C1. The van der Waals surface area contributed by atoms with Gasteiger partial charge in [0.2, 0.25) is 11.8 Å². The van der Waals surface area contributed by atoms with Crippen molar-refractivity contribution in [2.45, 2.75) is 63.8 Å². The second-order valence-corrected chi connectivity index (χ2v) is 7.69. The Hall–Kier alpha value is -0.710. The molecule has 2 rings (SSSR count). The molecule has 0 bridgehead atoms. The summed E-state index contributed by atoms with van der Waals surface area (Å²) in [5.41, 5.74) is 0. The van der Waals surface area contributed by atoms with Crippen LogP contribution in [0.15, 0.2) is 0 Å². The van der Waals surface area contributed by atoms with Crippen LogP contribution in [0.25, 0.3) is 0 Å². The maximum Gasteiger partial charge on any atom is 0.245 e. The molecular formula is C15H26N2O2S. The lowest BCUT2D eigenvalue weighted by Crippen LogP contribution is -2.50. The van der Waals surface area contributed by atoms with Gasteiger partial charge in [-0.15, -0.1) is 0 Å². The lowest BCUT2D eigenvalue weighted by Gasteiger charge is -2.31. The molecule has 2 fully saturated rings. The lowest BCUT2D eigenvalue weighted by molar-refractivity contribution is -0.136. The lowest BCUT2D eigenvalue weighted by atomic mass is 10.0. The first-order valence-electron chi connectivity index (χ1n) is 7.74. The molecule has 1 aliphatic carbocycles. The van der Waals surface area contributed by atoms with Gasteiger partial charge in [-0.25, -0.2) is 0 Å². The van der Waals surface area contributed by atoms with E-state index in [0.29, 0.717) is 24.3 Å². The standard InChI is InChI=1S/C15H26N2O2S/c1-4-20-12-6-5-11(9-12)17-8-7-13(18)16-14(10(2)3)15(17)19/h10-12,14H,4-9H2,1-3H3,(H,16,18). The molecular weight excluding hydrogens is 272 g/mol. The number of amides is 2. The van der Waals surface area contributed by atoms with E-state index < -0.39 is 0 Å². The number of thioether (sulfide) groups is 1. The zero-order chi connectivity index (χ0) is 14.7. The number of hydrogen-bond acceptors (Lipinski definition) is 3. The van der Waals surface area contributed by atoms with Gasteiger partial charge in [0.05, 0.1) is 0 Å². The largest absolute Gasteiger partial charge is 0.344 e. The van der Waals surface area contributed by atoms with Crippen LogP contribution in [0.1, 0.15) is 46.5 Å². The van der Waals surface area contributed by atoms with Gasteiger partial charge in [0.15, 0.2) is 0 Å². The first-order valence-corrected chi connectivity index (χ1v) is 8.79. The Morgan fingerprint density at radius 2 is 2.10 bits per heavy atom. The third kappa shape index (κ3) is 3.48. The molecule has 4 nitrogen and oxygen atoms in total. The number of rotatable bonds is 4. The molecule has 1 N–H and O–H groups in total. The summed E-state index contributed by atoms with van der Waals surface area (Å²) >= 11 is 2.00. The second kappa shape index (κ2) is 6.83. The highest BCUT2D eigenvalue weighted by atomic mass is 32.2. The van der Waals surface area contributed by atoms with Gasteiger partial charge in [-0.05, 0) is 30.9 Å². The van der Waals surface area contributed by atoms with Crippen LogP contribution in [0.5, 0.6) is 0 Å². The molecule has 1 saturated carbocycles. The molecule has 2 aliphatic rings. The van der Waals surface area contributed by atoms with Crippen LogP contribution in [0.2, 0.25) is 0 Å². The summed E-state index contributed by atoms with van der Waals surface area (Å²) < 4.78 is 0. The average molecular weight is 298 g/mol. The third-order valence-electron chi connectivity index (χ3n) is 4.31. The Morgan fingerprint density at radius 3 is 2.75 bits per heavy atom. The van der Waals surface area contributed by atoms with Gasteiger partial charge >= 0.3 is 0 Å². The number of carbonyl (C=O) groups excluding carboxylic acids is 2. The van der Waals surface area contributed by atoms with Crippen LogP contribution >= 0.6 is 11.8 Å². The minimum absolute atomic E-state index is 0.0111. The van der Waals surface area contributed by atoms with Crippen molar-refractivity contribution in [1.29, 1.82) is 0 Å². The Balaban J connectivity index is 2.06.